The molecule has 6 heteroatoms. The van der Waals surface area contributed by atoms with Crippen LogP contribution in [-0.4, -0.2) is 35.0 Å². The van der Waals surface area contributed by atoms with Gasteiger partial charge in [-0.3, -0.25) is 9.59 Å². The Labute approximate surface area is 92.8 Å². The molecule has 0 aliphatic heterocycles. The molecule has 2 N–H and O–H groups in total. The van der Waals surface area contributed by atoms with Crippen molar-refractivity contribution in [3.8, 4) is 6.07 Å². The number of hydrogen-bond acceptors (Lipinski definition) is 4. The minimum Gasteiger partial charge on any atom is -0.481 e. The summed E-state index contributed by atoms with van der Waals surface area (Å²) in [5.74, 6) is -0.754. The number of amides is 1. The van der Waals surface area contributed by atoms with Gasteiger partial charge in [0.05, 0.1) is 23.0 Å². The molecule has 0 aliphatic carbocycles. The summed E-state index contributed by atoms with van der Waals surface area (Å²) in [6.45, 7) is 3.17. The van der Waals surface area contributed by atoms with E-state index in [0.29, 0.717) is 0 Å². The van der Waals surface area contributed by atoms with Gasteiger partial charge in [0.1, 0.15) is 0 Å². The van der Waals surface area contributed by atoms with Gasteiger partial charge in [-0.2, -0.15) is 5.26 Å². The number of carbonyl (C=O) groups is 2. The second-order valence-corrected chi connectivity index (χ2v) is 4.60. The summed E-state index contributed by atoms with van der Waals surface area (Å²) < 4.78 is 0. The zero-order chi connectivity index (χ0) is 11.9. The second kappa shape index (κ2) is 6.30. The zero-order valence-corrected chi connectivity index (χ0v) is 9.56. The Morgan fingerprint density at radius 1 is 1.53 bits per heavy atom. The lowest BCUT2D eigenvalue weighted by Crippen LogP contribution is -2.39. The number of nitrogens with one attached hydrogen (secondary N) is 1. The Morgan fingerprint density at radius 3 is 2.60 bits per heavy atom. The van der Waals surface area contributed by atoms with E-state index in [1.807, 2.05) is 6.07 Å². The van der Waals surface area contributed by atoms with Crippen molar-refractivity contribution in [3.63, 3.8) is 0 Å². The molecule has 0 aliphatic rings. The monoisotopic (exact) mass is 230 g/mol. The van der Waals surface area contributed by atoms with Crippen molar-refractivity contribution in [3.05, 3.63) is 0 Å². The smallest absolute Gasteiger partial charge is 0.310 e. The normalized spacial score (nSPS) is 10.5. The number of rotatable bonds is 6. The lowest BCUT2D eigenvalue weighted by molar-refractivity contribution is -0.146. The van der Waals surface area contributed by atoms with E-state index in [1.54, 1.807) is 0 Å². The molecule has 0 radical (unpaired) electrons. The maximum Gasteiger partial charge on any atom is 0.310 e. The summed E-state index contributed by atoms with van der Waals surface area (Å²) in [6.07, 6.45) is 0. The van der Waals surface area contributed by atoms with E-state index in [9.17, 15) is 9.59 Å². The van der Waals surface area contributed by atoms with Crippen LogP contribution in [0.3, 0.4) is 0 Å². The number of aliphatic carboxylic acids is 1. The predicted octanol–water partition coefficient (Wildman–Crippen LogP) is 0.470. The van der Waals surface area contributed by atoms with Gasteiger partial charge < -0.3 is 10.4 Å². The minimum absolute atomic E-state index is 0.0915. The number of carboxylic acids is 1. The number of nitriles is 1. The predicted molar refractivity (Wildman–Crippen MR) is 57.4 cm³/mol. The molecule has 0 spiro atoms. The van der Waals surface area contributed by atoms with Crippen LogP contribution >= 0.6 is 11.8 Å². The summed E-state index contributed by atoms with van der Waals surface area (Å²) in [7, 11) is 0. The third kappa shape index (κ3) is 5.96. The fraction of sp³-hybridized carbons (Fsp3) is 0.667. The Hall–Kier alpha value is -1.22. The van der Waals surface area contributed by atoms with Crippen molar-refractivity contribution in [1.82, 2.24) is 5.32 Å². The molecule has 0 unspecified atom stereocenters. The molecule has 0 atom stereocenters. The molecule has 84 valence electrons. The highest BCUT2D eigenvalue weighted by Crippen LogP contribution is 2.13. The Kier molecular flexibility index (Phi) is 5.79. The Balaban J connectivity index is 3.81. The van der Waals surface area contributed by atoms with Crippen LogP contribution in [0.5, 0.6) is 0 Å². The molecule has 0 aromatic heterocycles. The maximum atomic E-state index is 11.2. The molecule has 0 aromatic rings. The number of hydrogen-bond donors (Lipinski definition) is 2. The minimum atomic E-state index is -0.963. The van der Waals surface area contributed by atoms with Crippen LogP contribution in [0.1, 0.15) is 13.8 Å². The molecule has 0 bridgehead atoms. The molecule has 0 aromatic carbocycles. The van der Waals surface area contributed by atoms with E-state index in [-0.39, 0.29) is 24.0 Å². The highest BCUT2D eigenvalue weighted by molar-refractivity contribution is 8.00. The molecule has 15 heavy (non-hydrogen) atoms. The molecule has 0 rings (SSSR count). The maximum absolute atomic E-state index is 11.2. The van der Waals surface area contributed by atoms with Crippen molar-refractivity contribution in [2.24, 2.45) is 5.41 Å². The van der Waals surface area contributed by atoms with Crippen LogP contribution in [0.15, 0.2) is 0 Å². The fourth-order valence-electron chi connectivity index (χ4n) is 0.636. The molecule has 1 amide bonds. The molecule has 0 saturated heterocycles. The highest BCUT2D eigenvalue weighted by atomic mass is 32.2. The van der Waals surface area contributed by atoms with E-state index < -0.39 is 11.4 Å². The average Bonchev–Trinajstić information content (AvgIpc) is 2.15. The van der Waals surface area contributed by atoms with Gasteiger partial charge >= 0.3 is 5.97 Å². The first kappa shape index (κ1) is 13.8. The SMILES string of the molecule is CC(C)(CNC(=O)CSCC#N)C(=O)O. The average molecular weight is 230 g/mol. The molecule has 0 fully saturated rings. The summed E-state index contributed by atoms with van der Waals surface area (Å²) >= 11 is 1.20. The van der Waals surface area contributed by atoms with Crippen LogP contribution in [0.4, 0.5) is 0 Å². The van der Waals surface area contributed by atoms with Crippen LogP contribution in [0.25, 0.3) is 0 Å². The molecular formula is C9H14N2O3S. The van der Waals surface area contributed by atoms with Crippen molar-refractivity contribution in [2.45, 2.75) is 13.8 Å². The van der Waals surface area contributed by atoms with E-state index in [1.165, 1.54) is 25.6 Å². The first-order valence-electron chi connectivity index (χ1n) is 4.35. The fourth-order valence-corrected chi connectivity index (χ4v) is 1.12. The molecule has 0 heterocycles. The van der Waals surface area contributed by atoms with Gasteiger partial charge in [0.25, 0.3) is 0 Å². The number of nitrogens with zero attached hydrogens (tertiary/aromatic N) is 1. The van der Waals surface area contributed by atoms with Crippen LogP contribution in [0, 0.1) is 16.7 Å². The van der Waals surface area contributed by atoms with Crippen molar-refractivity contribution in [1.29, 1.82) is 5.26 Å². The van der Waals surface area contributed by atoms with Crippen molar-refractivity contribution < 1.29 is 14.7 Å². The van der Waals surface area contributed by atoms with E-state index in [0.717, 1.165) is 0 Å². The zero-order valence-electron chi connectivity index (χ0n) is 8.74. The topological polar surface area (TPSA) is 90.2 Å². The van der Waals surface area contributed by atoms with E-state index in [2.05, 4.69) is 5.32 Å². The highest BCUT2D eigenvalue weighted by Gasteiger charge is 2.27. The van der Waals surface area contributed by atoms with Gasteiger partial charge in [0, 0.05) is 6.54 Å². The largest absolute Gasteiger partial charge is 0.481 e. The van der Waals surface area contributed by atoms with Crippen LogP contribution in [-0.2, 0) is 9.59 Å². The number of carbonyl (C=O) groups excluding carboxylic acids is 1. The first-order valence-corrected chi connectivity index (χ1v) is 5.50. The summed E-state index contributed by atoms with van der Waals surface area (Å²) in [5, 5.41) is 19.5. The summed E-state index contributed by atoms with van der Waals surface area (Å²) in [6, 6.07) is 1.90. The molecule has 5 nitrogen and oxygen atoms in total. The van der Waals surface area contributed by atoms with E-state index >= 15 is 0 Å². The van der Waals surface area contributed by atoms with Gasteiger partial charge in [-0.25, -0.2) is 0 Å². The van der Waals surface area contributed by atoms with Gasteiger partial charge in [-0.15, -0.1) is 11.8 Å². The van der Waals surface area contributed by atoms with Crippen molar-refractivity contribution in [2.75, 3.05) is 18.1 Å². The van der Waals surface area contributed by atoms with Crippen LogP contribution in [0.2, 0.25) is 0 Å². The second-order valence-electron chi connectivity index (χ2n) is 3.62. The van der Waals surface area contributed by atoms with Gasteiger partial charge in [0.15, 0.2) is 0 Å². The molecular weight excluding hydrogens is 216 g/mol. The third-order valence-corrected chi connectivity index (χ3v) is 2.51. The van der Waals surface area contributed by atoms with Crippen LogP contribution < -0.4 is 5.32 Å². The van der Waals surface area contributed by atoms with Gasteiger partial charge in [-0.1, -0.05) is 0 Å². The lowest BCUT2D eigenvalue weighted by Gasteiger charge is -2.19. The quantitative estimate of drug-likeness (QED) is 0.647. The number of thioether (sulfide) groups is 1. The summed E-state index contributed by atoms with van der Waals surface area (Å²) in [4.78, 5) is 21.8. The molecule has 0 saturated carbocycles. The standard InChI is InChI=1S/C9H14N2O3S/c1-9(2,8(13)14)6-11-7(12)5-15-4-3-10/h4-6H2,1-2H3,(H,11,12)(H,13,14). The first-order chi connectivity index (χ1) is 6.90. The third-order valence-electron chi connectivity index (χ3n) is 1.71. The Morgan fingerprint density at radius 2 is 2.13 bits per heavy atom. The van der Waals surface area contributed by atoms with Gasteiger partial charge in [-0.05, 0) is 13.8 Å². The lowest BCUT2D eigenvalue weighted by atomic mass is 9.94. The number of carboxylic acid groups (broad SMARTS) is 1. The van der Waals surface area contributed by atoms with Gasteiger partial charge in [0.2, 0.25) is 5.91 Å². The summed E-state index contributed by atoms with van der Waals surface area (Å²) in [5.41, 5.74) is -0.963. The van der Waals surface area contributed by atoms with Crippen molar-refractivity contribution >= 4 is 23.6 Å². The van der Waals surface area contributed by atoms with E-state index in [4.69, 9.17) is 10.4 Å². The Bertz CT molecular complexity index is 284.